The van der Waals surface area contributed by atoms with E-state index in [2.05, 4.69) is 10.1 Å². The lowest BCUT2D eigenvalue weighted by molar-refractivity contribution is -0.0506. The molecule has 0 unspecified atom stereocenters. The molecule has 0 saturated heterocycles. The predicted molar refractivity (Wildman–Crippen MR) is 81.9 cm³/mol. The highest BCUT2D eigenvalue weighted by atomic mass is 19.3. The minimum Gasteiger partial charge on any atom is -0.496 e. The Morgan fingerprint density at radius 3 is 2.30 bits per heavy atom. The molecule has 4 nitrogen and oxygen atoms in total. The molecule has 1 N–H and O–H groups in total. The third-order valence-corrected chi connectivity index (χ3v) is 3.30. The van der Waals surface area contributed by atoms with Gasteiger partial charge in [0.2, 0.25) is 0 Å². The highest BCUT2D eigenvalue weighted by Crippen LogP contribution is 2.27. The van der Waals surface area contributed by atoms with E-state index in [1.165, 1.54) is 13.2 Å². The summed E-state index contributed by atoms with van der Waals surface area (Å²) in [6.07, 6.45) is 0. The molecule has 1 atom stereocenters. The van der Waals surface area contributed by atoms with Crippen molar-refractivity contribution in [1.82, 2.24) is 5.32 Å². The molecule has 1 amide bonds. The molecule has 23 heavy (non-hydrogen) atoms. The van der Waals surface area contributed by atoms with Crippen molar-refractivity contribution in [2.24, 2.45) is 0 Å². The molecule has 0 aliphatic heterocycles. The second kappa shape index (κ2) is 7.58. The first kappa shape index (κ1) is 16.7. The zero-order valence-electron chi connectivity index (χ0n) is 12.8. The maximum atomic E-state index is 12.5. The predicted octanol–water partition coefficient (Wildman–Crippen LogP) is 3.79. The second-order valence-corrected chi connectivity index (χ2v) is 4.81. The van der Waals surface area contributed by atoms with Gasteiger partial charge in [-0.15, -0.1) is 0 Å². The fraction of sp³-hybridized carbons (Fsp3) is 0.235. The van der Waals surface area contributed by atoms with E-state index in [1.807, 2.05) is 0 Å². The summed E-state index contributed by atoms with van der Waals surface area (Å²) in [5.74, 6) is 0.117. The van der Waals surface area contributed by atoms with Crippen LogP contribution >= 0.6 is 0 Å². The Morgan fingerprint density at radius 1 is 1.04 bits per heavy atom. The molecule has 0 aliphatic carbocycles. The Labute approximate surface area is 133 Å². The van der Waals surface area contributed by atoms with Crippen LogP contribution in [0.2, 0.25) is 0 Å². The zero-order chi connectivity index (χ0) is 16.8. The first-order valence-corrected chi connectivity index (χ1v) is 7.00. The van der Waals surface area contributed by atoms with Gasteiger partial charge in [0.05, 0.1) is 18.7 Å². The van der Waals surface area contributed by atoms with Crippen molar-refractivity contribution in [3.63, 3.8) is 0 Å². The van der Waals surface area contributed by atoms with E-state index < -0.39 is 12.7 Å². The van der Waals surface area contributed by atoms with Crippen LogP contribution in [0.4, 0.5) is 8.78 Å². The molecule has 122 valence electrons. The van der Waals surface area contributed by atoms with E-state index in [-0.39, 0.29) is 11.7 Å². The summed E-state index contributed by atoms with van der Waals surface area (Å²) >= 11 is 0. The lowest BCUT2D eigenvalue weighted by atomic mass is 10.1. The van der Waals surface area contributed by atoms with Gasteiger partial charge in [0, 0.05) is 5.56 Å². The Hall–Kier alpha value is -2.63. The Kier molecular flexibility index (Phi) is 5.51. The summed E-state index contributed by atoms with van der Waals surface area (Å²) in [5.41, 5.74) is 0.838. The van der Waals surface area contributed by atoms with Gasteiger partial charge in [-0.25, -0.2) is 0 Å². The maximum absolute atomic E-state index is 12.5. The van der Waals surface area contributed by atoms with E-state index in [4.69, 9.17) is 4.74 Å². The number of amides is 1. The molecule has 0 heterocycles. The van der Waals surface area contributed by atoms with E-state index in [0.717, 1.165) is 0 Å². The van der Waals surface area contributed by atoms with Gasteiger partial charge in [-0.3, -0.25) is 4.79 Å². The van der Waals surface area contributed by atoms with Crippen LogP contribution in [-0.2, 0) is 0 Å². The van der Waals surface area contributed by atoms with Gasteiger partial charge < -0.3 is 14.8 Å². The molecule has 6 heteroatoms. The third kappa shape index (κ3) is 4.18. The number of hydrogen-bond acceptors (Lipinski definition) is 3. The molecular formula is C17H17F2NO3. The molecule has 2 aromatic rings. The number of methoxy groups -OCH3 is 1. The minimum atomic E-state index is -2.92. The average molecular weight is 321 g/mol. The molecule has 0 aliphatic rings. The topological polar surface area (TPSA) is 47.6 Å². The van der Waals surface area contributed by atoms with Gasteiger partial charge in [0.1, 0.15) is 11.5 Å². The lowest BCUT2D eigenvalue weighted by Crippen LogP contribution is -2.27. The standard InChI is InChI=1S/C17H17F2NO3/c1-11(12-7-3-6-10-15(12)23-17(18)19)20-16(21)13-8-4-5-9-14(13)22-2/h3-11,17H,1-2H3,(H,20,21)/t11-/m1/s1. The van der Waals surface area contributed by atoms with Crippen LogP contribution in [0.5, 0.6) is 11.5 Å². The third-order valence-electron chi connectivity index (χ3n) is 3.30. The second-order valence-electron chi connectivity index (χ2n) is 4.81. The number of alkyl halides is 2. The van der Waals surface area contributed by atoms with Crippen molar-refractivity contribution >= 4 is 5.91 Å². The Bertz CT molecular complexity index is 676. The fourth-order valence-corrected chi connectivity index (χ4v) is 2.23. The highest BCUT2D eigenvalue weighted by Gasteiger charge is 2.18. The monoisotopic (exact) mass is 321 g/mol. The first-order valence-electron chi connectivity index (χ1n) is 7.00. The Morgan fingerprint density at radius 2 is 1.65 bits per heavy atom. The molecule has 0 radical (unpaired) electrons. The number of rotatable bonds is 6. The number of para-hydroxylation sites is 2. The van der Waals surface area contributed by atoms with Gasteiger partial charge >= 0.3 is 6.61 Å². The quantitative estimate of drug-likeness (QED) is 0.880. The number of nitrogens with one attached hydrogen (secondary N) is 1. The van der Waals surface area contributed by atoms with Crippen LogP contribution in [-0.4, -0.2) is 19.6 Å². The van der Waals surface area contributed by atoms with Crippen molar-refractivity contribution in [1.29, 1.82) is 0 Å². The largest absolute Gasteiger partial charge is 0.496 e. The summed E-state index contributed by atoms with van der Waals surface area (Å²) in [5, 5.41) is 2.76. The van der Waals surface area contributed by atoms with Gasteiger partial charge in [-0.2, -0.15) is 8.78 Å². The van der Waals surface area contributed by atoms with Crippen molar-refractivity contribution in [2.75, 3.05) is 7.11 Å². The molecular weight excluding hydrogens is 304 g/mol. The van der Waals surface area contributed by atoms with E-state index in [9.17, 15) is 13.6 Å². The zero-order valence-corrected chi connectivity index (χ0v) is 12.8. The van der Waals surface area contributed by atoms with Crippen LogP contribution in [0.15, 0.2) is 48.5 Å². The molecule has 0 saturated carbocycles. The minimum absolute atomic E-state index is 0.0373. The summed E-state index contributed by atoms with van der Waals surface area (Å²) in [7, 11) is 1.47. The average Bonchev–Trinajstić information content (AvgIpc) is 2.54. The van der Waals surface area contributed by atoms with E-state index >= 15 is 0 Å². The van der Waals surface area contributed by atoms with Crippen LogP contribution in [0.3, 0.4) is 0 Å². The van der Waals surface area contributed by atoms with Crippen LogP contribution in [0.1, 0.15) is 28.9 Å². The van der Waals surface area contributed by atoms with Crippen molar-refractivity contribution in [3.05, 3.63) is 59.7 Å². The van der Waals surface area contributed by atoms with Gasteiger partial charge in [0.25, 0.3) is 5.91 Å². The van der Waals surface area contributed by atoms with Crippen LogP contribution in [0.25, 0.3) is 0 Å². The summed E-state index contributed by atoms with van der Waals surface area (Å²) < 4.78 is 34.6. The number of ether oxygens (including phenoxy) is 2. The molecule has 0 bridgehead atoms. The normalized spacial score (nSPS) is 11.9. The van der Waals surface area contributed by atoms with Gasteiger partial charge in [-0.1, -0.05) is 30.3 Å². The molecule has 2 aromatic carbocycles. The van der Waals surface area contributed by atoms with Crippen LogP contribution in [0, 0.1) is 0 Å². The van der Waals surface area contributed by atoms with Crippen molar-refractivity contribution < 1.29 is 23.0 Å². The summed E-state index contributed by atoms with van der Waals surface area (Å²) in [6.45, 7) is -1.23. The lowest BCUT2D eigenvalue weighted by Gasteiger charge is -2.18. The first-order chi connectivity index (χ1) is 11.0. The van der Waals surface area contributed by atoms with Gasteiger partial charge in [-0.05, 0) is 25.1 Å². The SMILES string of the molecule is COc1ccccc1C(=O)N[C@H](C)c1ccccc1OC(F)F. The number of halogens is 2. The molecule has 0 fully saturated rings. The van der Waals surface area contributed by atoms with Crippen molar-refractivity contribution in [3.8, 4) is 11.5 Å². The van der Waals surface area contributed by atoms with Crippen LogP contribution < -0.4 is 14.8 Å². The van der Waals surface area contributed by atoms with Gasteiger partial charge in [0.15, 0.2) is 0 Å². The number of carbonyl (C=O) groups is 1. The number of carbonyl (C=O) groups excluding carboxylic acids is 1. The number of hydrogen-bond donors (Lipinski definition) is 1. The van der Waals surface area contributed by atoms with Crippen molar-refractivity contribution in [2.45, 2.75) is 19.6 Å². The van der Waals surface area contributed by atoms with E-state index in [1.54, 1.807) is 49.4 Å². The molecule has 0 spiro atoms. The number of benzene rings is 2. The highest BCUT2D eigenvalue weighted by molar-refractivity contribution is 5.97. The van der Waals surface area contributed by atoms with E-state index in [0.29, 0.717) is 16.9 Å². The Balaban J connectivity index is 2.19. The maximum Gasteiger partial charge on any atom is 0.387 e. The summed E-state index contributed by atoms with van der Waals surface area (Å²) in [4.78, 5) is 12.4. The molecule has 0 aromatic heterocycles. The molecule has 2 rings (SSSR count). The smallest absolute Gasteiger partial charge is 0.387 e. The fourth-order valence-electron chi connectivity index (χ4n) is 2.23. The summed E-state index contributed by atoms with van der Waals surface area (Å²) in [6, 6.07) is 12.6.